The number of urea groups is 1. The van der Waals surface area contributed by atoms with Gasteiger partial charge >= 0.3 is 12.0 Å². The minimum atomic E-state index is -1.34. The molecule has 8 nitrogen and oxygen atoms in total. The molecule has 0 spiro atoms. The van der Waals surface area contributed by atoms with Crippen molar-refractivity contribution in [3.8, 4) is 0 Å². The highest BCUT2D eigenvalue weighted by Crippen LogP contribution is 2.18. The first-order valence-corrected chi connectivity index (χ1v) is 5.39. The van der Waals surface area contributed by atoms with Gasteiger partial charge in [0.25, 0.3) is 0 Å². The molecule has 0 bridgehead atoms. The van der Waals surface area contributed by atoms with E-state index < -0.39 is 17.5 Å². The van der Waals surface area contributed by atoms with Crippen LogP contribution >= 0.6 is 0 Å². The van der Waals surface area contributed by atoms with Gasteiger partial charge in [0, 0.05) is 19.1 Å². The third-order valence-electron chi connectivity index (χ3n) is 2.71. The number of nitrogens with zero attached hydrogens (tertiary/aromatic N) is 1. The van der Waals surface area contributed by atoms with Crippen molar-refractivity contribution < 1.29 is 24.0 Å². The summed E-state index contributed by atoms with van der Waals surface area (Å²) < 4.78 is 9.62. The van der Waals surface area contributed by atoms with Crippen molar-refractivity contribution in [2.24, 2.45) is 0 Å². The van der Waals surface area contributed by atoms with Crippen molar-refractivity contribution in [3.63, 3.8) is 0 Å². The summed E-state index contributed by atoms with van der Waals surface area (Å²) in [5.74, 6) is -1.10. The number of aromatic nitrogens is 1. The summed E-state index contributed by atoms with van der Waals surface area (Å²) in [7, 11) is 0. The first kappa shape index (κ1) is 12.4. The van der Waals surface area contributed by atoms with Gasteiger partial charge < -0.3 is 25.0 Å². The first-order chi connectivity index (χ1) is 8.62. The molecule has 18 heavy (non-hydrogen) atoms. The number of carbonyl (C=O) groups is 2. The molecule has 0 saturated carbocycles. The van der Waals surface area contributed by atoms with Gasteiger partial charge in [0.1, 0.15) is 12.0 Å². The summed E-state index contributed by atoms with van der Waals surface area (Å²) in [6, 6.07) is 1.03. The van der Waals surface area contributed by atoms with E-state index >= 15 is 0 Å². The maximum absolute atomic E-state index is 11.6. The summed E-state index contributed by atoms with van der Waals surface area (Å²) >= 11 is 0. The standard InChI is InChI=1S/C10H13N3O5/c14-8(15)10(2-4-17-6-10)12-9(16)11-5-7-1-3-18-13-7/h1,3H,2,4-6H2,(H,14,15)(H2,11,12,16). The van der Waals surface area contributed by atoms with Crippen molar-refractivity contribution in [1.82, 2.24) is 15.8 Å². The van der Waals surface area contributed by atoms with Gasteiger partial charge in [-0.1, -0.05) is 5.16 Å². The lowest BCUT2D eigenvalue weighted by Gasteiger charge is -2.23. The lowest BCUT2D eigenvalue weighted by Crippen LogP contribution is -2.57. The molecule has 98 valence electrons. The second kappa shape index (κ2) is 5.05. The lowest BCUT2D eigenvalue weighted by molar-refractivity contribution is -0.144. The molecular formula is C10H13N3O5. The number of ether oxygens (including phenoxy) is 1. The quantitative estimate of drug-likeness (QED) is 0.681. The summed E-state index contributed by atoms with van der Waals surface area (Å²) in [5, 5.41) is 17.7. The van der Waals surface area contributed by atoms with Gasteiger partial charge in [0.05, 0.1) is 13.2 Å². The normalized spacial score (nSPS) is 22.7. The van der Waals surface area contributed by atoms with Gasteiger partial charge in [-0.25, -0.2) is 9.59 Å². The Balaban J connectivity index is 1.88. The maximum atomic E-state index is 11.6. The monoisotopic (exact) mass is 255 g/mol. The molecular weight excluding hydrogens is 242 g/mol. The van der Waals surface area contributed by atoms with Crippen molar-refractivity contribution in [2.75, 3.05) is 13.2 Å². The fourth-order valence-corrected chi connectivity index (χ4v) is 1.65. The van der Waals surface area contributed by atoms with Crippen molar-refractivity contribution in [2.45, 2.75) is 18.5 Å². The van der Waals surface area contributed by atoms with Gasteiger partial charge in [0.2, 0.25) is 0 Å². The smallest absolute Gasteiger partial charge is 0.332 e. The number of carboxylic acid groups (broad SMARTS) is 1. The van der Waals surface area contributed by atoms with E-state index in [1.54, 1.807) is 6.07 Å². The van der Waals surface area contributed by atoms with Gasteiger partial charge in [-0.3, -0.25) is 0 Å². The molecule has 2 amide bonds. The number of carboxylic acids is 1. The Kier molecular flexibility index (Phi) is 3.47. The summed E-state index contributed by atoms with van der Waals surface area (Å²) in [4.78, 5) is 22.7. The van der Waals surface area contributed by atoms with Crippen LogP contribution in [0.3, 0.4) is 0 Å². The highest BCUT2D eigenvalue weighted by Gasteiger charge is 2.43. The van der Waals surface area contributed by atoms with Crippen LogP contribution < -0.4 is 10.6 Å². The van der Waals surface area contributed by atoms with Crippen LogP contribution in [0.1, 0.15) is 12.1 Å². The zero-order valence-corrected chi connectivity index (χ0v) is 9.51. The number of aliphatic carboxylic acids is 1. The molecule has 0 aromatic carbocycles. The van der Waals surface area contributed by atoms with Crippen molar-refractivity contribution in [1.29, 1.82) is 0 Å². The van der Waals surface area contributed by atoms with Crippen LogP contribution in [0, 0.1) is 0 Å². The summed E-state index contributed by atoms with van der Waals surface area (Å²) in [6.45, 7) is 0.453. The second-order valence-corrected chi connectivity index (χ2v) is 3.99. The molecule has 1 aromatic rings. The minimum absolute atomic E-state index is 0.0281. The predicted molar refractivity (Wildman–Crippen MR) is 57.7 cm³/mol. The van der Waals surface area contributed by atoms with Gasteiger partial charge in [0.15, 0.2) is 5.54 Å². The Bertz CT molecular complexity index is 425. The lowest BCUT2D eigenvalue weighted by atomic mass is 9.99. The van der Waals surface area contributed by atoms with Gasteiger partial charge in [-0.15, -0.1) is 0 Å². The van der Waals surface area contributed by atoms with Crippen LogP contribution in [0.15, 0.2) is 16.9 Å². The van der Waals surface area contributed by atoms with E-state index in [4.69, 9.17) is 9.84 Å². The SMILES string of the molecule is O=C(NCc1ccon1)NC1(C(=O)O)CCOC1. The molecule has 0 aliphatic carbocycles. The molecule has 2 heterocycles. The fourth-order valence-electron chi connectivity index (χ4n) is 1.65. The molecule has 1 saturated heterocycles. The third-order valence-corrected chi connectivity index (χ3v) is 2.71. The van der Waals surface area contributed by atoms with Crippen LogP contribution in [0.25, 0.3) is 0 Å². The third kappa shape index (κ3) is 2.59. The molecule has 1 atom stereocenters. The predicted octanol–water partition coefficient (Wildman–Crippen LogP) is -0.283. The zero-order valence-electron chi connectivity index (χ0n) is 9.51. The summed E-state index contributed by atoms with van der Waals surface area (Å²) in [5.41, 5.74) is -0.786. The topological polar surface area (TPSA) is 114 Å². The van der Waals surface area contributed by atoms with Crippen LogP contribution in [0.4, 0.5) is 4.79 Å². The largest absolute Gasteiger partial charge is 0.479 e. The molecule has 2 rings (SSSR count). The van der Waals surface area contributed by atoms with Crippen molar-refractivity contribution >= 4 is 12.0 Å². The molecule has 1 fully saturated rings. The Morgan fingerprint density at radius 3 is 2.94 bits per heavy atom. The Morgan fingerprint density at radius 1 is 1.56 bits per heavy atom. The number of rotatable bonds is 4. The van der Waals surface area contributed by atoms with E-state index in [0.29, 0.717) is 12.3 Å². The molecule has 8 heteroatoms. The van der Waals surface area contributed by atoms with Gasteiger partial charge in [-0.2, -0.15) is 0 Å². The van der Waals surface area contributed by atoms with E-state index in [1.807, 2.05) is 0 Å². The fraction of sp³-hybridized carbons (Fsp3) is 0.500. The molecule has 1 aromatic heterocycles. The van der Waals surface area contributed by atoms with Crippen LogP contribution in [-0.2, 0) is 16.1 Å². The molecule has 1 aliphatic rings. The first-order valence-electron chi connectivity index (χ1n) is 5.39. The maximum Gasteiger partial charge on any atom is 0.332 e. The van der Waals surface area contributed by atoms with Crippen LogP contribution in [0.2, 0.25) is 0 Å². The zero-order chi connectivity index (χ0) is 13.0. The van der Waals surface area contributed by atoms with E-state index in [-0.39, 0.29) is 19.6 Å². The van der Waals surface area contributed by atoms with Gasteiger partial charge in [-0.05, 0) is 0 Å². The Morgan fingerprint density at radius 2 is 2.39 bits per heavy atom. The number of hydrogen-bond acceptors (Lipinski definition) is 5. The number of carbonyl (C=O) groups excluding carboxylic acids is 1. The molecule has 3 N–H and O–H groups in total. The van der Waals surface area contributed by atoms with Crippen LogP contribution in [0.5, 0.6) is 0 Å². The van der Waals surface area contributed by atoms with E-state index in [0.717, 1.165) is 0 Å². The average molecular weight is 255 g/mol. The Labute approximate surface area is 102 Å². The van der Waals surface area contributed by atoms with E-state index in [9.17, 15) is 9.59 Å². The number of nitrogens with one attached hydrogen (secondary N) is 2. The molecule has 1 aliphatic heterocycles. The van der Waals surface area contributed by atoms with E-state index in [1.165, 1.54) is 6.26 Å². The van der Waals surface area contributed by atoms with E-state index in [2.05, 4.69) is 20.3 Å². The average Bonchev–Trinajstić information content (AvgIpc) is 2.97. The van der Waals surface area contributed by atoms with Crippen molar-refractivity contribution in [3.05, 3.63) is 18.0 Å². The Hall–Kier alpha value is -2.09. The number of amides is 2. The number of hydrogen-bond donors (Lipinski definition) is 3. The highest BCUT2D eigenvalue weighted by atomic mass is 16.5. The molecule has 0 radical (unpaired) electrons. The second-order valence-electron chi connectivity index (χ2n) is 3.99. The highest BCUT2D eigenvalue weighted by molar-refractivity contribution is 5.86. The summed E-state index contributed by atoms with van der Waals surface area (Å²) in [6.07, 6.45) is 1.64. The minimum Gasteiger partial charge on any atom is -0.479 e. The molecule has 1 unspecified atom stereocenters. The van der Waals surface area contributed by atoms with Crippen LogP contribution in [-0.4, -0.2) is 41.0 Å².